The van der Waals surface area contributed by atoms with Gasteiger partial charge < -0.3 is 10.1 Å². The Balaban J connectivity index is 2.34. The van der Waals surface area contributed by atoms with Gasteiger partial charge in [0.25, 0.3) is 0 Å². The number of ether oxygens (including phenoxy) is 1. The van der Waals surface area contributed by atoms with Gasteiger partial charge in [-0.05, 0) is 24.5 Å². The highest BCUT2D eigenvalue weighted by Gasteiger charge is 2.05. The molecule has 1 amide bonds. The number of alkyl carbamates (subject to hydrolysis) is 1. The molecule has 82 valence electrons. The minimum Gasteiger partial charge on any atom is -0.411 e. The zero-order chi connectivity index (χ0) is 11.1. The van der Waals surface area contributed by atoms with Gasteiger partial charge in [-0.3, -0.25) is 0 Å². The van der Waals surface area contributed by atoms with E-state index in [1.165, 1.54) is 0 Å². The van der Waals surface area contributed by atoms with Gasteiger partial charge in [0.1, 0.15) is 5.76 Å². The lowest BCUT2D eigenvalue weighted by Gasteiger charge is -2.08. The molecule has 0 heterocycles. The predicted molar refractivity (Wildman–Crippen MR) is 60.3 cm³/mol. The Labute approximate surface area is 90.5 Å². The first-order chi connectivity index (χ1) is 7.18. The summed E-state index contributed by atoms with van der Waals surface area (Å²) in [5.74, 6) is 1.03. The van der Waals surface area contributed by atoms with Crippen LogP contribution in [0.25, 0.3) is 0 Å². The summed E-state index contributed by atoms with van der Waals surface area (Å²) in [6.07, 6.45) is 9.83. The lowest BCUT2D eigenvalue weighted by atomic mass is 10.2. The Morgan fingerprint density at radius 2 is 2.33 bits per heavy atom. The molecule has 0 aromatic rings. The standard InChI is InChI=1S/C12H17NO2/c1-10(2)9-13-12(14)15-11-7-5-3-4-6-8-11/h3-5,7-8,10H,6,9H2,1-2H3,(H,13,14). The molecule has 0 radical (unpaired) electrons. The van der Waals surface area contributed by atoms with Crippen molar-refractivity contribution in [3.05, 3.63) is 36.1 Å². The minimum atomic E-state index is -0.387. The van der Waals surface area contributed by atoms with Gasteiger partial charge in [0.05, 0.1) is 0 Å². The maximum atomic E-state index is 11.3. The molecule has 1 N–H and O–H groups in total. The van der Waals surface area contributed by atoms with E-state index in [-0.39, 0.29) is 6.09 Å². The van der Waals surface area contributed by atoms with Crippen molar-refractivity contribution >= 4 is 6.09 Å². The van der Waals surface area contributed by atoms with Gasteiger partial charge in [0, 0.05) is 6.54 Å². The summed E-state index contributed by atoms with van der Waals surface area (Å²) in [5, 5.41) is 2.69. The van der Waals surface area contributed by atoms with E-state index >= 15 is 0 Å². The fraction of sp³-hybridized carbons (Fsp3) is 0.417. The zero-order valence-corrected chi connectivity index (χ0v) is 9.19. The van der Waals surface area contributed by atoms with Crippen LogP contribution in [0.5, 0.6) is 0 Å². The molecule has 1 aliphatic rings. The van der Waals surface area contributed by atoms with Crippen LogP contribution in [0.4, 0.5) is 4.79 Å². The summed E-state index contributed by atoms with van der Waals surface area (Å²) in [6, 6.07) is 0. The molecule has 0 saturated heterocycles. The van der Waals surface area contributed by atoms with Crippen LogP contribution in [0.3, 0.4) is 0 Å². The third-order valence-corrected chi connectivity index (χ3v) is 1.83. The summed E-state index contributed by atoms with van der Waals surface area (Å²) in [6.45, 7) is 4.71. The summed E-state index contributed by atoms with van der Waals surface area (Å²) < 4.78 is 5.11. The highest BCUT2D eigenvalue weighted by molar-refractivity contribution is 5.68. The van der Waals surface area contributed by atoms with E-state index < -0.39 is 0 Å². The highest BCUT2D eigenvalue weighted by atomic mass is 16.6. The first kappa shape index (κ1) is 11.6. The quantitative estimate of drug-likeness (QED) is 0.772. The largest absolute Gasteiger partial charge is 0.412 e. The Hall–Kier alpha value is -1.51. The first-order valence-corrected chi connectivity index (χ1v) is 5.17. The highest BCUT2D eigenvalue weighted by Crippen LogP contribution is 2.06. The average molecular weight is 207 g/mol. The maximum Gasteiger partial charge on any atom is 0.412 e. The van der Waals surface area contributed by atoms with Crippen molar-refractivity contribution in [3.8, 4) is 0 Å². The van der Waals surface area contributed by atoms with Gasteiger partial charge >= 0.3 is 6.09 Å². The van der Waals surface area contributed by atoms with Crippen LogP contribution in [-0.4, -0.2) is 12.6 Å². The van der Waals surface area contributed by atoms with Crippen molar-refractivity contribution in [3.63, 3.8) is 0 Å². The SMILES string of the molecule is CC(C)CNC(=O)OC1=CCC=CC=C1. The predicted octanol–water partition coefficient (Wildman–Crippen LogP) is 2.77. The van der Waals surface area contributed by atoms with Gasteiger partial charge in [-0.2, -0.15) is 0 Å². The lowest BCUT2D eigenvalue weighted by Crippen LogP contribution is -2.27. The van der Waals surface area contributed by atoms with Crippen molar-refractivity contribution in [2.45, 2.75) is 20.3 Å². The van der Waals surface area contributed by atoms with Crippen LogP contribution in [0.1, 0.15) is 20.3 Å². The molecule has 3 nitrogen and oxygen atoms in total. The second-order valence-corrected chi connectivity index (χ2v) is 3.79. The molecule has 3 heteroatoms. The van der Waals surface area contributed by atoms with Crippen molar-refractivity contribution < 1.29 is 9.53 Å². The first-order valence-electron chi connectivity index (χ1n) is 5.17. The van der Waals surface area contributed by atoms with Crippen LogP contribution < -0.4 is 5.32 Å². The molecule has 0 spiro atoms. The smallest absolute Gasteiger partial charge is 0.411 e. The Kier molecular flexibility index (Phi) is 4.68. The Morgan fingerprint density at radius 3 is 3.07 bits per heavy atom. The second-order valence-electron chi connectivity index (χ2n) is 3.79. The number of carbonyl (C=O) groups excluding carboxylic acids is 1. The molecule has 0 saturated carbocycles. The summed E-state index contributed by atoms with van der Waals surface area (Å²) in [4.78, 5) is 11.3. The number of nitrogens with one attached hydrogen (secondary N) is 1. The summed E-state index contributed by atoms with van der Waals surface area (Å²) in [5.41, 5.74) is 0. The third-order valence-electron chi connectivity index (χ3n) is 1.83. The third kappa shape index (κ3) is 5.05. The van der Waals surface area contributed by atoms with Gasteiger partial charge in [0.15, 0.2) is 0 Å². The number of amides is 1. The molecule has 0 unspecified atom stereocenters. The minimum absolute atomic E-state index is 0.387. The van der Waals surface area contributed by atoms with Crippen LogP contribution in [-0.2, 0) is 4.74 Å². The number of hydrogen-bond donors (Lipinski definition) is 1. The zero-order valence-electron chi connectivity index (χ0n) is 9.19. The van der Waals surface area contributed by atoms with Gasteiger partial charge in [-0.25, -0.2) is 4.79 Å². The van der Waals surface area contributed by atoms with Crippen LogP contribution in [0, 0.1) is 5.92 Å². The number of hydrogen-bond acceptors (Lipinski definition) is 2. The molecule has 15 heavy (non-hydrogen) atoms. The van der Waals surface area contributed by atoms with Crippen molar-refractivity contribution in [2.75, 3.05) is 6.54 Å². The molecule has 1 aliphatic carbocycles. The van der Waals surface area contributed by atoms with Gasteiger partial charge in [0.2, 0.25) is 0 Å². The normalized spacial score (nSPS) is 14.7. The van der Waals surface area contributed by atoms with E-state index in [1.807, 2.05) is 38.2 Å². The summed E-state index contributed by atoms with van der Waals surface area (Å²) >= 11 is 0. The maximum absolute atomic E-state index is 11.3. The van der Waals surface area contributed by atoms with Gasteiger partial charge in [-0.15, -0.1) is 0 Å². The van der Waals surface area contributed by atoms with Crippen LogP contribution in [0.15, 0.2) is 36.1 Å². The molecule has 0 aromatic carbocycles. The fourth-order valence-electron chi connectivity index (χ4n) is 1.07. The Bertz CT molecular complexity index is 301. The topological polar surface area (TPSA) is 38.3 Å². The van der Waals surface area contributed by atoms with Crippen molar-refractivity contribution in [1.82, 2.24) is 5.32 Å². The van der Waals surface area contributed by atoms with Crippen LogP contribution in [0.2, 0.25) is 0 Å². The van der Waals surface area contributed by atoms with E-state index in [0.717, 1.165) is 6.42 Å². The molecule has 0 atom stereocenters. The monoisotopic (exact) mass is 207 g/mol. The van der Waals surface area contributed by atoms with E-state index in [4.69, 9.17) is 4.74 Å². The molecule has 1 rings (SSSR count). The molecular formula is C12H17NO2. The van der Waals surface area contributed by atoms with Crippen LogP contribution >= 0.6 is 0 Å². The van der Waals surface area contributed by atoms with E-state index in [0.29, 0.717) is 18.2 Å². The average Bonchev–Trinajstić information content (AvgIpc) is 2.43. The fourth-order valence-corrected chi connectivity index (χ4v) is 1.07. The number of carbonyl (C=O) groups is 1. The number of rotatable bonds is 3. The van der Waals surface area contributed by atoms with Gasteiger partial charge in [-0.1, -0.05) is 32.1 Å². The second kappa shape index (κ2) is 6.06. The Morgan fingerprint density at radius 1 is 1.53 bits per heavy atom. The van der Waals surface area contributed by atoms with E-state index in [1.54, 1.807) is 6.08 Å². The van der Waals surface area contributed by atoms with Crippen molar-refractivity contribution in [1.29, 1.82) is 0 Å². The molecule has 0 aliphatic heterocycles. The number of allylic oxidation sites excluding steroid dienone is 5. The van der Waals surface area contributed by atoms with E-state index in [9.17, 15) is 4.79 Å². The molecular weight excluding hydrogens is 190 g/mol. The summed E-state index contributed by atoms with van der Waals surface area (Å²) in [7, 11) is 0. The molecule has 0 fully saturated rings. The molecule has 0 bridgehead atoms. The molecule has 0 aromatic heterocycles. The van der Waals surface area contributed by atoms with Crippen molar-refractivity contribution in [2.24, 2.45) is 5.92 Å². The van der Waals surface area contributed by atoms with E-state index in [2.05, 4.69) is 5.32 Å². The lowest BCUT2D eigenvalue weighted by molar-refractivity contribution is 0.177.